The number of imidazole rings is 1. The minimum Gasteiger partial charge on any atom is -0.330 e. The molecule has 2 aromatic rings. The molecule has 1 aliphatic rings. The van der Waals surface area contributed by atoms with Crippen LogP contribution in [0.5, 0.6) is 0 Å². The highest BCUT2D eigenvalue weighted by molar-refractivity contribution is 7.71. The summed E-state index contributed by atoms with van der Waals surface area (Å²) in [6, 6.07) is 2.66. The van der Waals surface area contributed by atoms with Crippen molar-refractivity contribution in [3.8, 4) is 0 Å². The fraction of sp³-hybridized carbons (Fsp3) is 0.462. The van der Waals surface area contributed by atoms with E-state index in [-0.39, 0.29) is 5.52 Å². The Morgan fingerprint density at radius 2 is 2.11 bits per heavy atom. The van der Waals surface area contributed by atoms with Crippen molar-refractivity contribution in [1.82, 2.24) is 9.55 Å². The number of nitrogens with zero attached hydrogens (tertiary/aromatic N) is 1. The lowest BCUT2D eigenvalue weighted by atomic mass is 9.83. The molecule has 1 aliphatic carbocycles. The molecule has 1 aromatic heterocycles. The van der Waals surface area contributed by atoms with Crippen LogP contribution in [0.3, 0.4) is 0 Å². The van der Waals surface area contributed by atoms with Crippen molar-refractivity contribution >= 4 is 23.3 Å². The first kappa shape index (κ1) is 11.8. The smallest absolute Gasteiger partial charge is 0.184 e. The summed E-state index contributed by atoms with van der Waals surface area (Å²) in [5.74, 6) is -0.921. The Bertz CT molecular complexity index is 640. The predicted molar refractivity (Wildman–Crippen MR) is 69.0 cm³/mol. The van der Waals surface area contributed by atoms with E-state index in [1.807, 2.05) is 0 Å². The average Bonchev–Trinajstić information content (AvgIpc) is 2.60. The van der Waals surface area contributed by atoms with Crippen LogP contribution in [0.4, 0.5) is 8.78 Å². The van der Waals surface area contributed by atoms with Crippen molar-refractivity contribution < 1.29 is 8.78 Å². The number of aromatic amines is 1. The summed E-state index contributed by atoms with van der Waals surface area (Å²) in [5.41, 5.74) is 0.826. The first-order valence-electron chi connectivity index (χ1n) is 6.23. The second-order valence-electron chi connectivity index (χ2n) is 4.92. The maximum absolute atomic E-state index is 13.8. The maximum Gasteiger partial charge on any atom is 0.184 e. The van der Waals surface area contributed by atoms with E-state index in [1.165, 1.54) is 25.3 Å². The average molecular weight is 268 g/mol. The largest absolute Gasteiger partial charge is 0.330 e. The molecule has 0 unspecified atom stereocenters. The molecule has 2 nitrogen and oxygen atoms in total. The third-order valence-electron chi connectivity index (χ3n) is 3.81. The summed E-state index contributed by atoms with van der Waals surface area (Å²) in [5, 5.41) is 0. The van der Waals surface area contributed by atoms with Gasteiger partial charge < -0.3 is 9.55 Å². The minimum absolute atomic E-state index is 0.263. The number of hydrogen-bond donors (Lipinski definition) is 1. The topological polar surface area (TPSA) is 20.7 Å². The second kappa shape index (κ2) is 4.46. The first-order chi connectivity index (χ1) is 8.66. The van der Waals surface area contributed by atoms with Gasteiger partial charge in [-0.15, -0.1) is 0 Å². The predicted octanol–water partition coefficient (Wildman–Crippen LogP) is 4.17. The number of fused-ring (bicyclic) bond motifs is 1. The van der Waals surface area contributed by atoms with Crippen molar-refractivity contribution in [3.63, 3.8) is 0 Å². The van der Waals surface area contributed by atoms with E-state index < -0.39 is 11.6 Å². The summed E-state index contributed by atoms with van der Waals surface area (Å²) >= 11 is 5.18. The molecule has 1 heterocycles. The number of halogens is 2. The molecule has 1 N–H and O–H groups in total. The van der Waals surface area contributed by atoms with Crippen LogP contribution in [0.25, 0.3) is 11.0 Å². The maximum atomic E-state index is 13.8. The van der Waals surface area contributed by atoms with Crippen molar-refractivity contribution in [2.24, 2.45) is 5.92 Å². The third kappa shape index (κ3) is 1.86. The first-order valence-corrected chi connectivity index (χ1v) is 6.64. The zero-order chi connectivity index (χ0) is 12.7. The van der Waals surface area contributed by atoms with E-state index in [0.717, 1.165) is 12.5 Å². The molecule has 0 atom stereocenters. The van der Waals surface area contributed by atoms with E-state index in [9.17, 15) is 8.78 Å². The van der Waals surface area contributed by atoms with Gasteiger partial charge in [0.15, 0.2) is 16.4 Å². The van der Waals surface area contributed by atoms with E-state index in [0.29, 0.717) is 22.8 Å². The molecule has 0 amide bonds. The van der Waals surface area contributed by atoms with Gasteiger partial charge in [-0.05, 0) is 36.7 Å². The molecule has 96 valence electrons. The summed E-state index contributed by atoms with van der Waals surface area (Å²) in [6.45, 7) is 0.657. The molecule has 1 saturated carbocycles. The highest BCUT2D eigenvalue weighted by atomic mass is 32.1. The number of H-pyrrole nitrogens is 1. The van der Waals surface area contributed by atoms with Crippen molar-refractivity contribution in [1.29, 1.82) is 0 Å². The van der Waals surface area contributed by atoms with E-state index in [2.05, 4.69) is 4.98 Å². The van der Waals surface area contributed by atoms with Gasteiger partial charge in [-0.2, -0.15) is 0 Å². The molecule has 5 heteroatoms. The lowest BCUT2D eigenvalue weighted by Crippen LogP contribution is -2.14. The Morgan fingerprint density at radius 3 is 2.78 bits per heavy atom. The van der Waals surface area contributed by atoms with Crippen LogP contribution in [-0.2, 0) is 6.54 Å². The van der Waals surface area contributed by atoms with Gasteiger partial charge in [0.2, 0.25) is 0 Å². The molecule has 18 heavy (non-hydrogen) atoms. The van der Waals surface area contributed by atoms with Crippen molar-refractivity contribution in [2.75, 3.05) is 0 Å². The zero-order valence-electron chi connectivity index (χ0n) is 9.88. The quantitative estimate of drug-likeness (QED) is 0.829. The molecular formula is C13H14F2N2S. The van der Waals surface area contributed by atoms with Crippen LogP contribution in [-0.4, -0.2) is 9.55 Å². The van der Waals surface area contributed by atoms with Gasteiger partial charge in [-0.1, -0.05) is 19.3 Å². The molecule has 0 spiro atoms. The molecule has 1 aromatic carbocycles. The van der Waals surface area contributed by atoms with Gasteiger partial charge in [-0.3, -0.25) is 0 Å². The Hall–Kier alpha value is -1.23. The molecule has 1 fully saturated rings. The summed E-state index contributed by atoms with van der Waals surface area (Å²) in [6.07, 6.45) is 4.75. The standard InChI is InChI=1S/C13H14F2N2S/c14-9-4-5-10-12(11(9)15)17(13(18)16-10)7-6-8-2-1-3-8/h4-5,8H,1-3,6-7H2,(H,16,18). The van der Waals surface area contributed by atoms with Crippen LogP contribution in [0, 0.1) is 22.3 Å². The van der Waals surface area contributed by atoms with Crippen LogP contribution >= 0.6 is 12.2 Å². The summed E-state index contributed by atoms with van der Waals surface area (Å²) in [4.78, 5) is 2.93. The molecule has 0 radical (unpaired) electrons. The van der Waals surface area contributed by atoms with Gasteiger partial charge in [0.25, 0.3) is 0 Å². The van der Waals surface area contributed by atoms with Crippen LogP contribution in [0.2, 0.25) is 0 Å². The van der Waals surface area contributed by atoms with Gasteiger partial charge in [-0.25, -0.2) is 8.78 Å². The van der Waals surface area contributed by atoms with E-state index in [4.69, 9.17) is 12.2 Å². The SMILES string of the molecule is Fc1ccc2[nH]c(=S)n(CCC3CCC3)c2c1F. The third-order valence-corrected chi connectivity index (χ3v) is 4.13. The fourth-order valence-electron chi connectivity index (χ4n) is 2.50. The fourth-order valence-corrected chi connectivity index (χ4v) is 2.79. The van der Waals surface area contributed by atoms with Gasteiger partial charge in [0.05, 0.1) is 5.52 Å². The number of rotatable bonds is 3. The number of aromatic nitrogens is 2. The van der Waals surface area contributed by atoms with Crippen molar-refractivity contribution in [2.45, 2.75) is 32.2 Å². The summed E-state index contributed by atoms with van der Waals surface area (Å²) in [7, 11) is 0. The highest BCUT2D eigenvalue weighted by Crippen LogP contribution is 2.30. The lowest BCUT2D eigenvalue weighted by Gasteiger charge is -2.25. The molecule has 0 bridgehead atoms. The molecule has 0 aliphatic heterocycles. The zero-order valence-corrected chi connectivity index (χ0v) is 10.7. The van der Waals surface area contributed by atoms with Crippen molar-refractivity contribution in [3.05, 3.63) is 28.5 Å². The van der Waals surface area contributed by atoms with E-state index >= 15 is 0 Å². The van der Waals surface area contributed by atoms with Crippen LogP contribution in [0.1, 0.15) is 25.7 Å². The number of nitrogens with one attached hydrogen (secondary N) is 1. The monoisotopic (exact) mass is 268 g/mol. The number of aryl methyl sites for hydroxylation is 1. The number of hydrogen-bond acceptors (Lipinski definition) is 1. The van der Waals surface area contributed by atoms with E-state index in [1.54, 1.807) is 4.57 Å². The van der Waals surface area contributed by atoms with Gasteiger partial charge in [0, 0.05) is 6.54 Å². The van der Waals surface area contributed by atoms with Crippen LogP contribution in [0.15, 0.2) is 12.1 Å². The molecule has 3 rings (SSSR count). The normalized spacial score (nSPS) is 16.1. The van der Waals surface area contributed by atoms with Crippen LogP contribution < -0.4 is 0 Å². The molecular weight excluding hydrogens is 254 g/mol. The van der Waals surface area contributed by atoms with Gasteiger partial charge in [0.1, 0.15) is 5.52 Å². The Balaban J connectivity index is 2.00. The minimum atomic E-state index is -0.825. The molecule has 0 saturated heterocycles. The Labute approximate surface area is 109 Å². The second-order valence-corrected chi connectivity index (χ2v) is 5.31. The highest BCUT2D eigenvalue weighted by Gasteiger charge is 2.19. The Kier molecular flexibility index (Phi) is 2.93. The Morgan fingerprint density at radius 1 is 1.33 bits per heavy atom. The van der Waals surface area contributed by atoms with Gasteiger partial charge >= 0.3 is 0 Å². The lowest BCUT2D eigenvalue weighted by molar-refractivity contribution is 0.282. The summed E-state index contributed by atoms with van der Waals surface area (Å²) < 4.78 is 29.3. The number of benzene rings is 1.